The van der Waals surface area contributed by atoms with E-state index in [0.29, 0.717) is 17.9 Å². The molecule has 29 heavy (non-hydrogen) atoms. The van der Waals surface area contributed by atoms with E-state index in [0.717, 1.165) is 63.5 Å². The molecule has 4 rings (SSSR count). The molecule has 1 atom stereocenters. The van der Waals surface area contributed by atoms with E-state index in [-0.39, 0.29) is 70.0 Å². The van der Waals surface area contributed by atoms with E-state index in [1.54, 1.807) is 6.07 Å². The number of hydrogen-bond acceptors (Lipinski definition) is 2. The maximum Gasteiger partial charge on any atom is 1.00 e. The third kappa shape index (κ3) is 6.44. The van der Waals surface area contributed by atoms with Gasteiger partial charge < -0.3 is 15.9 Å². The summed E-state index contributed by atoms with van der Waals surface area (Å²) in [6.45, 7) is 0.720. The molecular weight excluding hydrogens is 444 g/mol. The molecule has 0 bridgehead atoms. The molecule has 1 unspecified atom stereocenters. The summed E-state index contributed by atoms with van der Waals surface area (Å²) in [5, 5.41) is 0. The fourth-order valence-electron chi connectivity index (χ4n) is 4.95. The van der Waals surface area contributed by atoms with E-state index in [4.69, 9.17) is 9.47 Å². The third-order valence-corrected chi connectivity index (χ3v) is 6.66. The zero-order chi connectivity index (χ0) is 19.3. The van der Waals surface area contributed by atoms with Gasteiger partial charge in [-0.05, 0) is 62.0 Å². The molecule has 0 aromatic heterocycles. The summed E-state index contributed by atoms with van der Waals surface area (Å²) < 4.78 is 39.5. The average molecular weight is 475 g/mol. The van der Waals surface area contributed by atoms with Gasteiger partial charge in [0.1, 0.15) is 6.10 Å². The molecule has 0 radical (unpaired) electrons. The molecule has 0 amide bonds. The van der Waals surface area contributed by atoms with Crippen molar-refractivity contribution in [3.8, 4) is 5.75 Å². The van der Waals surface area contributed by atoms with E-state index >= 15 is 0 Å². The number of hydrogen-bond donors (Lipinski definition) is 0. The number of ether oxygens (including phenoxy) is 2. The first kappa shape index (κ1) is 24.0. The number of halogens is 2. The van der Waals surface area contributed by atoms with E-state index in [9.17, 15) is 8.78 Å². The smallest absolute Gasteiger partial charge is 0.487 e. The van der Waals surface area contributed by atoms with Gasteiger partial charge in [0, 0.05) is 0 Å². The first-order valence-corrected chi connectivity index (χ1v) is 10.9. The van der Waals surface area contributed by atoms with Crippen LogP contribution in [0.15, 0.2) is 24.3 Å². The van der Waals surface area contributed by atoms with Crippen molar-refractivity contribution in [3.05, 3.63) is 47.9 Å². The van der Waals surface area contributed by atoms with Crippen molar-refractivity contribution < 1.29 is 76.4 Å². The fourth-order valence-corrected chi connectivity index (χ4v) is 4.95. The SMILES string of the molecule is Fc1ccc2c(c1F)OC(C1CCC(/C=C/COC3CC[CH-]CC3)CC1)CC2.[Rb+]. The summed E-state index contributed by atoms with van der Waals surface area (Å²) in [6.07, 6.45) is 18.1. The summed E-state index contributed by atoms with van der Waals surface area (Å²) in [6, 6.07) is 2.85. The van der Waals surface area contributed by atoms with Crippen LogP contribution in [0.1, 0.15) is 63.4 Å². The van der Waals surface area contributed by atoms with Crippen LogP contribution < -0.4 is 62.9 Å². The minimum Gasteiger partial charge on any atom is -0.487 e. The monoisotopic (exact) mass is 474 g/mol. The minimum absolute atomic E-state index is 0. The van der Waals surface area contributed by atoms with E-state index in [2.05, 4.69) is 18.6 Å². The molecule has 2 fully saturated rings. The van der Waals surface area contributed by atoms with Gasteiger partial charge in [0.2, 0.25) is 5.82 Å². The topological polar surface area (TPSA) is 18.5 Å². The van der Waals surface area contributed by atoms with Gasteiger partial charge in [-0.15, -0.1) is 0 Å². The molecule has 1 aromatic rings. The van der Waals surface area contributed by atoms with Gasteiger partial charge in [0.05, 0.1) is 12.7 Å². The van der Waals surface area contributed by atoms with Crippen LogP contribution in [-0.4, -0.2) is 18.8 Å². The molecule has 0 saturated heterocycles. The van der Waals surface area contributed by atoms with E-state index < -0.39 is 11.6 Å². The molecule has 0 spiro atoms. The molecule has 154 valence electrons. The van der Waals surface area contributed by atoms with Crippen LogP contribution in [0.2, 0.25) is 0 Å². The predicted molar refractivity (Wildman–Crippen MR) is 106 cm³/mol. The molecule has 2 saturated carbocycles. The van der Waals surface area contributed by atoms with Crippen molar-refractivity contribution in [3.63, 3.8) is 0 Å². The Labute approximate surface area is 222 Å². The van der Waals surface area contributed by atoms with Crippen molar-refractivity contribution in [2.45, 2.75) is 76.4 Å². The maximum absolute atomic E-state index is 14.1. The largest absolute Gasteiger partial charge is 1.00 e. The Kier molecular flexibility index (Phi) is 9.82. The number of rotatable bonds is 5. The molecule has 0 N–H and O–H groups in total. The molecule has 2 aliphatic carbocycles. The Morgan fingerprint density at radius 2 is 1.79 bits per heavy atom. The summed E-state index contributed by atoms with van der Waals surface area (Å²) in [5.74, 6) is -0.452. The summed E-state index contributed by atoms with van der Waals surface area (Å²) >= 11 is 0. The molecular formula is C24H31F2O2Rb. The van der Waals surface area contributed by atoms with Crippen molar-refractivity contribution in [1.29, 1.82) is 0 Å². The zero-order valence-electron chi connectivity index (χ0n) is 17.5. The molecule has 3 aliphatic rings. The Bertz CT molecular complexity index is 680. The third-order valence-electron chi connectivity index (χ3n) is 6.66. The molecule has 1 heterocycles. The van der Waals surface area contributed by atoms with Crippen LogP contribution >= 0.6 is 0 Å². The van der Waals surface area contributed by atoms with Crippen LogP contribution in [0.3, 0.4) is 0 Å². The number of allylic oxidation sites excluding steroid dienone is 1. The van der Waals surface area contributed by atoms with Gasteiger partial charge >= 0.3 is 58.2 Å². The van der Waals surface area contributed by atoms with E-state index in [1.807, 2.05) is 0 Å². The molecule has 1 aromatic carbocycles. The molecule has 2 nitrogen and oxygen atoms in total. The van der Waals surface area contributed by atoms with Gasteiger partial charge in [0.15, 0.2) is 11.6 Å². The van der Waals surface area contributed by atoms with Crippen LogP contribution in [0.4, 0.5) is 8.78 Å². The Morgan fingerprint density at radius 1 is 1.03 bits per heavy atom. The van der Waals surface area contributed by atoms with Gasteiger partial charge in [-0.25, -0.2) is 4.39 Å². The van der Waals surface area contributed by atoms with Gasteiger partial charge in [-0.1, -0.05) is 31.1 Å². The average Bonchev–Trinajstić information content (AvgIpc) is 2.75. The quantitative estimate of drug-likeness (QED) is 0.482. The number of aryl methyl sites for hydroxylation is 1. The second kappa shape index (κ2) is 11.8. The fraction of sp³-hybridized carbons (Fsp3) is 0.625. The molecule has 1 aliphatic heterocycles. The van der Waals surface area contributed by atoms with Crippen LogP contribution in [0.25, 0.3) is 0 Å². The minimum atomic E-state index is -0.824. The Balaban J connectivity index is 0.00000240. The van der Waals surface area contributed by atoms with Gasteiger partial charge in [0.25, 0.3) is 0 Å². The Hall–Kier alpha value is 0.385. The van der Waals surface area contributed by atoms with E-state index in [1.165, 1.54) is 18.9 Å². The second-order valence-electron chi connectivity index (χ2n) is 8.55. The van der Waals surface area contributed by atoms with Crippen molar-refractivity contribution >= 4 is 0 Å². The van der Waals surface area contributed by atoms with Crippen molar-refractivity contribution in [2.24, 2.45) is 11.8 Å². The summed E-state index contributed by atoms with van der Waals surface area (Å²) in [5.41, 5.74) is 0.794. The zero-order valence-corrected chi connectivity index (χ0v) is 22.5. The van der Waals surface area contributed by atoms with Crippen LogP contribution in [0, 0.1) is 29.9 Å². The second-order valence-corrected chi connectivity index (χ2v) is 8.55. The molecule has 5 heteroatoms. The Morgan fingerprint density at radius 3 is 2.55 bits per heavy atom. The first-order valence-electron chi connectivity index (χ1n) is 10.9. The maximum atomic E-state index is 14.1. The van der Waals surface area contributed by atoms with Crippen molar-refractivity contribution in [2.75, 3.05) is 6.61 Å². The van der Waals surface area contributed by atoms with Crippen molar-refractivity contribution in [1.82, 2.24) is 0 Å². The predicted octanol–water partition coefficient (Wildman–Crippen LogP) is 3.19. The summed E-state index contributed by atoms with van der Waals surface area (Å²) in [7, 11) is 0. The standard InChI is InChI=1S/C24H31F2O2.Rb/c25-21-14-12-19-13-15-22(28-24(19)23(21)26)18-10-8-17(9-11-18)5-4-16-27-20-6-2-1-3-7-20;/h1,4-5,12,14,17-18,20,22H,2-3,6-11,13,15-16H2;/q-1;+1/b5-4+;. The van der Waals surface area contributed by atoms with Crippen LogP contribution in [0.5, 0.6) is 5.75 Å². The summed E-state index contributed by atoms with van der Waals surface area (Å²) in [4.78, 5) is 0. The van der Waals surface area contributed by atoms with Gasteiger partial charge in [-0.3, -0.25) is 0 Å². The number of benzene rings is 1. The van der Waals surface area contributed by atoms with Gasteiger partial charge in [-0.2, -0.15) is 17.2 Å². The van der Waals surface area contributed by atoms with Crippen LogP contribution in [-0.2, 0) is 11.2 Å². The first-order chi connectivity index (χ1) is 13.7. The normalized spacial score (nSPS) is 27.9. The number of fused-ring (bicyclic) bond motifs is 1.